The summed E-state index contributed by atoms with van der Waals surface area (Å²) in [6, 6.07) is 0. The Morgan fingerprint density at radius 1 is 1.27 bits per heavy atom. The lowest BCUT2D eigenvalue weighted by Gasteiger charge is -2.27. The van der Waals surface area contributed by atoms with Crippen LogP contribution in [0.2, 0.25) is 0 Å². The van der Waals surface area contributed by atoms with E-state index in [-0.39, 0.29) is 19.6 Å². The Hall–Kier alpha value is -0.500. The summed E-state index contributed by atoms with van der Waals surface area (Å²) < 4.78 is 26.0. The molecule has 0 rings (SSSR count). The summed E-state index contributed by atoms with van der Waals surface area (Å²) in [7, 11) is 1.24. The molecule has 0 fully saturated rings. The molecule has 8 nitrogen and oxygen atoms in total. The molecule has 0 spiro atoms. The second kappa shape index (κ2) is 10.3. The minimum absolute atomic E-state index is 0.00756. The van der Waals surface area contributed by atoms with E-state index in [0.29, 0.717) is 17.4 Å². The fraction of sp³-hybridized carbons (Fsp3) is 0.923. The van der Waals surface area contributed by atoms with Crippen LogP contribution in [0.3, 0.4) is 0 Å². The number of aliphatic hydroxyl groups excluding tert-OH is 1. The van der Waals surface area contributed by atoms with Crippen LogP contribution in [0.4, 0.5) is 0 Å². The summed E-state index contributed by atoms with van der Waals surface area (Å²) in [5.41, 5.74) is 0. The number of aliphatic hydroxyl groups is 1. The first-order valence-corrected chi connectivity index (χ1v) is 8.76. The topological polar surface area (TPSA) is 105 Å². The van der Waals surface area contributed by atoms with Crippen molar-refractivity contribution in [1.82, 2.24) is 0 Å². The Kier molecular flexibility index (Phi) is 10.1. The SMILES string of the molecule is CCCCC(=O)OCC(O)COP(=O)([O-])OCC[N+](C)(C)C. The third-order valence-electron chi connectivity index (χ3n) is 2.61. The molecule has 132 valence electrons. The lowest BCUT2D eigenvalue weighted by molar-refractivity contribution is -0.870. The third-order valence-corrected chi connectivity index (χ3v) is 3.57. The zero-order valence-electron chi connectivity index (χ0n) is 13.8. The molecular weight excluding hydrogens is 313 g/mol. The first-order chi connectivity index (χ1) is 10.1. The van der Waals surface area contributed by atoms with Gasteiger partial charge in [-0.2, -0.15) is 0 Å². The van der Waals surface area contributed by atoms with Crippen molar-refractivity contribution < 1.29 is 37.6 Å². The number of esters is 1. The maximum Gasteiger partial charge on any atom is 0.305 e. The van der Waals surface area contributed by atoms with E-state index in [9.17, 15) is 19.4 Å². The summed E-state index contributed by atoms with van der Waals surface area (Å²) in [6.45, 7) is 1.62. The van der Waals surface area contributed by atoms with Gasteiger partial charge in [-0.05, 0) is 6.42 Å². The van der Waals surface area contributed by atoms with Gasteiger partial charge in [0.15, 0.2) is 0 Å². The number of phosphoric acid groups is 1. The summed E-state index contributed by atoms with van der Waals surface area (Å²) >= 11 is 0. The predicted octanol–water partition coefficient (Wildman–Crippen LogP) is 0.289. The van der Waals surface area contributed by atoms with Gasteiger partial charge >= 0.3 is 5.97 Å². The summed E-state index contributed by atoms with van der Waals surface area (Å²) in [5, 5.41) is 9.52. The van der Waals surface area contributed by atoms with E-state index in [2.05, 4.69) is 9.05 Å². The molecule has 0 saturated heterocycles. The van der Waals surface area contributed by atoms with Gasteiger partial charge in [0.25, 0.3) is 7.82 Å². The van der Waals surface area contributed by atoms with Crippen LogP contribution in [-0.2, 0) is 23.1 Å². The molecule has 0 saturated carbocycles. The minimum Gasteiger partial charge on any atom is -0.756 e. The highest BCUT2D eigenvalue weighted by Gasteiger charge is 2.16. The lowest BCUT2D eigenvalue weighted by Crippen LogP contribution is -2.37. The normalized spacial score (nSPS) is 16.1. The van der Waals surface area contributed by atoms with Crippen LogP contribution in [0.25, 0.3) is 0 Å². The van der Waals surface area contributed by atoms with Crippen LogP contribution in [-0.4, -0.2) is 69.2 Å². The van der Waals surface area contributed by atoms with E-state index in [1.54, 1.807) is 0 Å². The Labute approximate surface area is 132 Å². The van der Waals surface area contributed by atoms with Gasteiger partial charge in [-0.15, -0.1) is 0 Å². The molecule has 0 heterocycles. The van der Waals surface area contributed by atoms with Crippen LogP contribution in [0.15, 0.2) is 0 Å². The van der Waals surface area contributed by atoms with Gasteiger partial charge in [-0.1, -0.05) is 13.3 Å². The van der Waals surface area contributed by atoms with Crippen LogP contribution in [0.5, 0.6) is 0 Å². The second-order valence-electron chi connectivity index (χ2n) is 6.03. The van der Waals surface area contributed by atoms with E-state index in [0.717, 1.165) is 6.42 Å². The van der Waals surface area contributed by atoms with Crippen LogP contribution in [0.1, 0.15) is 26.2 Å². The lowest BCUT2D eigenvalue weighted by atomic mass is 10.2. The minimum atomic E-state index is -4.46. The van der Waals surface area contributed by atoms with E-state index in [1.165, 1.54) is 0 Å². The van der Waals surface area contributed by atoms with Crippen molar-refractivity contribution in [2.24, 2.45) is 0 Å². The predicted molar refractivity (Wildman–Crippen MR) is 78.9 cm³/mol. The van der Waals surface area contributed by atoms with Crippen LogP contribution < -0.4 is 4.89 Å². The highest BCUT2D eigenvalue weighted by Crippen LogP contribution is 2.38. The summed E-state index contributed by atoms with van der Waals surface area (Å²) in [5.74, 6) is -0.426. The number of carbonyl (C=O) groups is 1. The molecule has 0 aromatic rings. The third kappa shape index (κ3) is 13.2. The molecule has 0 radical (unpaired) electrons. The van der Waals surface area contributed by atoms with E-state index < -0.39 is 26.5 Å². The molecule has 2 atom stereocenters. The van der Waals surface area contributed by atoms with Gasteiger partial charge in [0.1, 0.15) is 25.9 Å². The fourth-order valence-corrected chi connectivity index (χ4v) is 2.01. The smallest absolute Gasteiger partial charge is 0.305 e. The first-order valence-electron chi connectivity index (χ1n) is 7.30. The summed E-state index contributed by atoms with van der Waals surface area (Å²) in [4.78, 5) is 22.7. The molecule has 2 unspecified atom stereocenters. The van der Waals surface area contributed by atoms with Gasteiger partial charge in [-0.3, -0.25) is 9.36 Å². The van der Waals surface area contributed by atoms with Gasteiger partial charge in [0.05, 0.1) is 27.7 Å². The number of quaternary nitrogens is 1. The van der Waals surface area contributed by atoms with Crippen LogP contribution in [0, 0.1) is 0 Å². The molecule has 22 heavy (non-hydrogen) atoms. The largest absolute Gasteiger partial charge is 0.756 e. The number of phosphoric ester groups is 1. The average Bonchev–Trinajstić information content (AvgIpc) is 2.39. The van der Waals surface area contributed by atoms with E-state index in [4.69, 9.17) is 4.74 Å². The van der Waals surface area contributed by atoms with Gasteiger partial charge in [-0.25, -0.2) is 0 Å². The van der Waals surface area contributed by atoms with Crippen molar-refractivity contribution in [1.29, 1.82) is 0 Å². The molecule has 0 aliphatic rings. The molecule has 0 aliphatic carbocycles. The molecule has 0 aromatic heterocycles. The first kappa shape index (κ1) is 21.5. The zero-order chi connectivity index (χ0) is 17.2. The number of hydrogen-bond acceptors (Lipinski definition) is 7. The monoisotopic (exact) mass is 341 g/mol. The highest BCUT2D eigenvalue weighted by molar-refractivity contribution is 7.45. The number of likely N-dealkylation sites (N-methyl/N-ethyl adjacent to an activating group) is 1. The molecule has 9 heteroatoms. The number of nitrogens with zero attached hydrogens (tertiary/aromatic N) is 1. The molecule has 0 aromatic carbocycles. The van der Waals surface area contributed by atoms with Gasteiger partial charge in [0.2, 0.25) is 0 Å². The maximum absolute atomic E-state index is 11.5. The number of unbranched alkanes of at least 4 members (excludes halogenated alkanes) is 1. The van der Waals surface area contributed by atoms with E-state index >= 15 is 0 Å². The van der Waals surface area contributed by atoms with Gasteiger partial charge < -0.3 is 28.3 Å². The average molecular weight is 341 g/mol. The molecule has 0 amide bonds. The standard InChI is InChI=1S/C13H28NO7P/c1-5-6-7-13(16)19-10-12(15)11-21-22(17,18)20-9-8-14(2,3)4/h12,15H,5-11H2,1-4H3. The second-order valence-corrected chi connectivity index (χ2v) is 7.44. The zero-order valence-corrected chi connectivity index (χ0v) is 14.7. The quantitative estimate of drug-likeness (QED) is 0.309. The molecule has 0 aliphatic heterocycles. The maximum atomic E-state index is 11.5. The van der Waals surface area contributed by atoms with Crippen molar-refractivity contribution in [3.8, 4) is 0 Å². The Morgan fingerprint density at radius 2 is 1.91 bits per heavy atom. The molecule has 0 bridgehead atoms. The Balaban J connectivity index is 3.89. The molecular formula is C13H28NO7P. The van der Waals surface area contributed by atoms with Crippen molar-refractivity contribution in [2.45, 2.75) is 32.3 Å². The molecule has 1 N–H and O–H groups in total. The van der Waals surface area contributed by atoms with Gasteiger partial charge in [0, 0.05) is 6.42 Å². The number of ether oxygens (including phenoxy) is 1. The number of carbonyl (C=O) groups excluding carboxylic acids is 1. The van der Waals surface area contributed by atoms with Crippen molar-refractivity contribution >= 4 is 13.8 Å². The van der Waals surface area contributed by atoms with Crippen molar-refractivity contribution in [3.05, 3.63) is 0 Å². The number of hydrogen-bond donors (Lipinski definition) is 1. The number of rotatable bonds is 12. The van der Waals surface area contributed by atoms with E-state index in [1.807, 2.05) is 28.1 Å². The van der Waals surface area contributed by atoms with Crippen molar-refractivity contribution in [2.75, 3.05) is 47.5 Å². The summed E-state index contributed by atoms with van der Waals surface area (Å²) in [6.07, 6.45) is 0.638. The Morgan fingerprint density at radius 3 is 2.45 bits per heavy atom. The Bertz CT molecular complexity index is 370. The fourth-order valence-electron chi connectivity index (χ4n) is 1.27. The van der Waals surface area contributed by atoms with Crippen molar-refractivity contribution in [3.63, 3.8) is 0 Å². The van der Waals surface area contributed by atoms with Crippen LogP contribution >= 0.6 is 7.82 Å². The highest BCUT2D eigenvalue weighted by atomic mass is 31.2.